The number of piperidine rings is 1. The number of carboxylic acids is 1. The monoisotopic (exact) mass is 318 g/mol. The minimum atomic E-state index is -0.801. The van der Waals surface area contributed by atoms with Crippen LogP contribution in [0.4, 0.5) is 5.82 Å². The molecule has 2 N–H and O–H groups in total. The average molecular weight is 318 g/mol. The molecule has 1 aromatic rings. The van der Waals surface area contributed by atoms with Crippen molar-refractivity contribution in [2.45, 2.75) is 38.1 Å². The van der Waals surface area contributed by atoms with E-state index in [0.29, 0.717) is 6.42 Å². The first kappa shape index (κ1) is 15.7. The number of hydrogen-bond acceptors (Lipinski definition) is 5. The fourth-order valence-corrected chi connectivity index (χ4v) is 3.55. The first-order chi connectivity index (χ1) is 11.1. The molecule has 1 aromatic heterocycles. The molecule has 1 amide bonds. The summed E-state index contributed by atoms with van der Waals surface area (Å²) in [5.41, 5.74) is 0. The number of amides is 1. The molecular formula is C16H22N4O3. The van der Waals surface area contributed by atoms with Crippen molar-refractivity contribution in [3.05, 3.63) is 18.6 Å². The molecule has 0 bridgehead atoms. The second kappa shape index (κ2) is 6.93. The molecule has 1 aliphatic heterocycles. The average Bonchev–Trinajstić information content (AvgIpc) is 3.04. The number of aliphatic carboxylic acids is 1. The van der Waals surface area contributed by atoms with Crippen LogP contribution >= 0.6 is 0 Å². The Labute approximate surface area is 135 Å². The smallest absolute Gasteiger partial charge is 0.308 e. The Hall–Kier alpha value is -2.18. The van der Waals surface area contributed by atoms with E-state index in [0.717, 1.165) is 44.6 Å². The molecule has 23 heavy (non-hydrogen) atoms. The number of aromatic nitrogens is 2. The summed E-state index contributed by atoms with van der Waals surface area (Å²) in [5.74, 6) is -0.433. The lowest BCUT2D eigenvalue weighted by atomic mass is 9.94. The molecule has 124 valence electrons. The molecule has 2 fully saturated rings. The molecule has 0 spiro atoms. The minimum Gasteiger partial charge on any atom is -0.481 e. The third kappa shape index (κ3) is 3.60. The summed E-state index contributed by atoms with van der Waals surface area (Å²) in [6, 6.07) is -0.210. The zero-order valence-corrected chi connectivity index (χ0v) is 13.0. The molecule has 0 aromatic carbocycles. The molecule has 0 unspecified atom stereocenters. The molecular weight excluding hydrogens is 296 g/mol. The second-order valence-corrected chi connectivity index (χ2v) is 6.32. The third-order valence-corrected chi connectivity index (χ3v) is 4.90. The van der Waals surface area contributed by atoms with Gasteiger partial charge in [0.15, 0.2) is 0 Å². The van der Waals surface area contributed by atoms with E-state index in [1.807, 2.05) is 0 Å². The Morgan fingerprint density at radius 2 is 1.96 bits per heavy atom. The SMILES string of the molecule is O=C(N[C@H]1CCC[C@H]1C(=O)O)C1CCN(c2cnccn2)CC1. The van der Waals surface area contributed by atoms with E-state index in [1.54, 1.807) is 18.6 Å². The standard InChI is InChI=1S/C16H22N4O3/c21-15(19-13-3-1-2-12(13)16(22)23)11-4-8-20(9-5-11)14-10-17-6-7-18-14/h6-7,10-13H,1-5,8-9H2,(H,19,21)(H,22,23)/t12-,13+/m1/s1. The predicted octanol–water partition coefficient (Wildman–Crippen LogP) is 1.06. The highest BCUT2D eigenvalue weighted by Crippen LogP contribution is 2.27. The lowest BCUT2D eigenvalue weighted by Crippen LogP contribution is -2.46. The predicted molar refractivity (Wildman–Crippen MR) is 83.9 cm³/mol. The maximum Gasteiger partial charge on any atom is 0.308 e. The van der Waals surface area contributed by atoms with E-state index in [-0.39, 0.29) is 17.9 Å². The normalized spacial score (nSPS) is 25.3. The van der Waals surface area contributed by atoms with E-state index < -0.39 is 11.9 Å². The van der Waals surface area contributed by atoms with Crippen molar-refractivity contribution in [3.8, 4) is 0 Å². The molecule has 3 rings (SSSR count). The minimum absolute atomic E-state index is 0.00180. The van der Waals surface area contributed by atoms with Crippen molar-refractivity contribution in [1.29, 1.82) is 0 Å². The van der Waals surface area contributed by atoms with E-state index in [2.05, 4.69) is 20.2 Å². The van der Waals surface area contributed by atoms with E-state index in [1.165, 1.54) is 0 Å². The van der Waals surface area contributed by atoms with E-state index in [9.17, 15) is 14.7 Å². The van der Waals surface area contributed by atoms with E-state index >= 15 is 0 Å². The van der Waals surface area contributed by atoms with Gasteiger partial charge in [-0.05, 0) is 25.7 Å². The van der Waals surface area contributed by atoms with E-state index in [4.69, 9.17) is 0 Å². The van der Waals surface area contributed by atoms with Crippen molar-refractivity contribution in [2.75, 3.05) is 18.0 Å². The van der Waals surface area contributed by atoms with Crippen LogP contribution in [0.15, 0.2) is 18.6 Å². The van der Waals surface area contributed by atoms with Crippen LogP contribution in [-0.2, 0) is 9.59 Å². The fraction of sp³-hybridized carbons (Fsp3) is 0.625. The van der Waals surface area contributed by atoms with Crippen LogP contribution in [0.3, 0.4) is 0 Å². The molecule has 1 saturated carbocycles. The molecule has 0 radical (unpaired) electrons. The Morgan fingerprint density at radius 1 is 1.17 bits per heavy atom. The van der Waals surface area contributed by atoms with Gasteiger partial charge in [0, 0.05) is 37.4 Å². The highest BCUT2D eigenvalue weighted by atomic mass is 16.4. The summed E-state index contributed by atoms with van der Waals surface area (Å²) < 4.78 is 0. The topological polar surface area (TPSA) is 95.4 Å². The van der Waals surface area contributed by atoms with Gasteiger partial charge in [-0.25, -0.2) is 4.98 Å². The molecule has 7 heteroatoms. The van der Waals surface area contributed by atoms with Gasteiger partial charge in [0.1, 0.15) is 5.82 Å². The number of nitrogens with zero attached hydrogens (tertiary/aromatic N) is 3. The number of rotatable bonds is 4. The van der Waals surface area contributed by atoms with Crippen molar-refractivity contribution in [1.82, 2.24) is 15.3 Å². The Kier molecular flexibility index (Phi) is 4.73. The van der Waals surface area contributed by atoms with Crippen LogP contribution in [-0.4, -0.2) is 46.1 Å². The number of hydrogen-bond donors (Lipinski definition) is 2. The maximum absolute atomic E-state index is 12.4. The molecule has 1 saturated heterocycles. The zero-order chi connectivity index (χ0) is 16.2. The molecule has 2 heterocycles. The molecule has 1 aliphatic carbocycles. The maximum atomic E-state index is 12.4. The molecule has 7 nitrogen and oxygen atoms in total. The van der Waals surface area contributed by atoms with Crippen LogP contribution in [0, 0.1) is 11.8 Å². The quantitative estimate of drug-likeness (QED) is 0.862. The first-order valence-electron chi connectivity index (χ1n) is 8.19. The van der Waals surface area contributed by atoms with Gasteiger partial charge in [0.05, 0.1) is 12.1 Å². The number of carbonyl (C=O) groups excluding carboxylic acids is 1. The van der Waals surface area contributed by atoms with Gasteiger partial charge in [-0.1, -0.05) is 6.42 Å². The van der Waals surface area contributed by atoms with Gasteiger partial charge in [-0.15, -0.1) is 0 Å². The fourth-order valence-electron chi connectivity index (χ4n) is 3.55. The summed E-state index contributed by atoms with van der Waals surface area (Å²) in [6.07, 6.45) is 8.85. The third-order valence-electron chi connectivity index (χ3n) is 4.90. The largest absolute Gasteiger partial charge is 0.481 e. The van der Waals surface area contributed by atoms with Gasteiger partial charge in [-0.3, -0.25) is 14.6 Å². The highest BCUT2D eigenvalue weighted by Gasteiger charge is 2.35. The summed E-state index contributed by atoms with van der Waals surface area (Å²) in [4.78, 5) is 34.1. The van der Waals surface area contributed by atoms with Gasteiger partial charge in [-0.2, -0.15) is 0 Å². The lowest BCUT2D eigenvalue weighted by Gasteiger charge is -2.32. The first-order valence-corrected chi connectivity index (χ1v) is 8.19. The van der Waals surface area contributed by atoms with Gasteiger partial charge in [0.25, 0.3) is 0 Å². The van der Waals surface area contributed by atoms with Crippen LogP contribution in [0.5, 0.6) is 0 Å². The van der Waals surface area contributed by atoms with Crippen LogP contribution in [0.2, 0.25) is 0 Å². The van der Waals surface area contributed by atoms with Gasteiger partial charge in [0.2, 0.25) is 5.91 Å². The zero-order valence-electron chi connectivity index (χ0n) is 13.0. The number of carboxylic acid groups (broad SMARTS) is 1. The van der Waals surface area contributed by atoms with Crippen molar-refractivity contribution in [3.63, 3.8) is 0 Å². The number of anilines is 1. The van der Waals surface area contributed by atoms with Crippen molar-refractivity contribution in [2.24, 2.45) is 11.8 Å². The number of carbonyl (C=O) groups is 2. The summed E-state index contributed by atoms with van der Waals surface area (Å²) in [5, 5.41) is 12.2. The van der Waals surface area contributed by atoms with Gasteiger partial charge >= 0.3 is 5.97 Å². The lowest BCUT2D eigenvalue weighted by molar-refractivity contribution is -0.142. The summed E-state index contributed by atoms with van der Waals surface area (Å²) in [6.45, 7) is 1.54. The van der Waals surface area contributed by atoms with Crippen molar-refractivity contribution >= 4 is 17.7 Å². The van der Waals surface area contributed by atoms with Crippen LogP contribution < -0.4 is 10.2 Å². The summed E-state index contributed by atoms with van der Waals surface area (Å²) in [7, 11) is 0. The van der Waals surface area contributed by atoms with Gasteiger partial charge < -0.3 is 15.3 Å². The molecule has 2 atom stereocenters. The highest BCUT2D eigenvalue weighted by molar-refractivity contribution is 5.80. The number of nitrogens with one attached hydrogen (secondary N) is 1. The Morgan fingerprint density at radius 3 is 2.61 bits per heavy atom. The van der Waals surface area contributed by atoms with Crippen molar-refractivity contribution < 1.29 is 14.7 Å². The van der Waals surface area contributed by atoms with Crippen LogP contribution in [0.25, 0.3) is 0 Å². The van der Waals surface area contributed by atoms with Crippen LogP contribution in [0.1, 0.15) is 32.1 Å². The Bertz CT molecular complexity index is 558. The Balaban J connectivity index is 1.51. The molecule has 2 aliphatic rings. The second-order valence-electron chi connectivity index (χ2n) is 6.32. The summed E-state index contributed by atoms with van der Waals surface area (Å²) >= 11 is 0.